The zero-order valence-corrected chi connectivity index (χ0v) is 14.8. The van der Waals surface area contributed by atoms with E-state index in [4.69, 9.17) is 0 Å². The first-order chi connectivity index (χ1) is 12.5. The Morgan fingerprint density at radius 2 is 2.04 bits per heavy atom. The van der Waals surface area contributed by atoms with E-state index in [9.17, 15) is 18.7 Å². The molecule has 3 nitrogen and oxygen atoms in total. The van der Waals surface area contributed by atoms with Gasteiger partial charge in [0.25, 0.3) is 5.91 Å². The maximum Gasteiger partial charge on any atom is 0.254 e. The average molecular weight is 359 g/mol. The molecular formula is C21H23F2NO2. The second-order valence-corrected chi connectivity index (χ2v) is 7.00. The summed E-state index contributed by atoms with van der Waals surface area (Å²) in [5.74, 6) is -1.25. The van der Waals surface area contributed by atoms with E-state index < -0.39 is 11.6 Å². The number of benzene rings is 2. The molecule has 1 aliphatic heterocycles. The fraction of sp³-hybridized carbons (Fsp3) is 0.381. The Balaban J connectivity index is 1.62. The number of rotatable bonds is 4. The Morgan fingerprint density at radius 3 is 2.81 bits per heavy atom. The first-order valence-corrected chi connectivity index (χ1v) is 8.97. The van der Waals surface area contributed by atoms with Crippen molar-refractivity contribution in [3.63, 3.8) is 0 Å². The maximum atomic E-state index is 13.3. The summed E-state index contributed by atoms with van der Waals surface area (Å²) >= 11 is 0. The van der Waals surface area contributed by atoms with E-state index >= 15 is 0 Å². The molecule has 5 heteroatoms. The number of hydrogen-bond acceptors (Lipinski definition) is 2. The predicted molar refractivity (Wildman–Crippen MR) is 96.2 cm³/mol. The van der Waals surface area contributed by atoms with E-state index in [1.807, 2.05) is 4.90 Å². The molecule has 2 aromatic rings. The van der Waals surface area contributed by atoms with Gasteiger partial charge in [0, 0.05) is 24.2 Å². The van der Waals surface area contributed by atoms with E-state index in [0.717, 1.165) is 30.9 Å². The SMILES string of the molecule is Cc1c(O)cccc1C(=O)N1CCC[C@@H](CCc2ccc(F)c(F)c2)C1. The van der Waals surface area contributed by atoms with Crippen molar-refractivity contribution in [3.8, 4) is 5.75 Å². The Kier molecular flexibility index (Phi) is 5.55. The van der Waals surface area contributed by atoms with Crippen molar-refractivity contribution >= 4 is 5.91 Å². The molecule has 138 valence electrons. The lowest BCUT2D eigenvalue weighted by Crippen LogP contribution is -2.40. The summed E-state index contributed by atoms with van der Waals surface area (Å²) in [7, 11) is 0. The topological polar surface area (TPSA) is 40.5 Å². The highest BCUT2D eigenvalue weighted by atomic mass is 19.2. The quantitative estimate of drug-likeness (QED) is 0.875. The zero-order chi connectivity index (χ0) is 18.7. The van der Waals surface area contributed by atoms with Crippen LogP contribution >= 0.6 is 0 Å². The van der Waals surface area contributed by atoms with Crippen molar-refractivity contribution < 1.29 is 18.7 Å². The molecule has 1 N–H and O–H groups in total. The van der Waals surface area contributed by atoms with Gasteiger partial charge in [0.15, 0.2) is 11.6 Å². The summed E-state index contributed by atoms with van der Waals surface area (Å²) in [5, 5.41) is 9.82. The standard InChI is InChI=1S/C21H23F2NO2/c1-14-17(5-2-6-20(14)25)21(26)24-11-3-4-16(13-24)8-7-15-9-10-18(22)19(23)12-15/h2,5-6,9-10,12,16,25H,3-4,7-8,11,13H2,1H3/t16-/m0/s1. The second kappa shape index (κ2) is 7.85. The van der Waals surface area contributed by atoms with Crippen LogP contribution in [-0.2, 0) is 6.42 Å². The lowest BCUT2D eigenvalue weighted by Gasteiger charge is -2.33. The molecule has 0 aromatic heterocycles. The van der Waals surface area contributed by atoms with Crippen LogP contribution in [0.15, 0.2) is 36.4 Å². The van der Waals surface area contributed by atoms with Gasteiger partial charge in [-0.05, 0) is 68.4 Å². The molecule has 0 radical (unpaired) electrons. The Labute approximate surface area is 152 Å². The molecule has 1 aliphatic rings. The smallest absolute Gasteiger partial charge is 0.254 e. The fourth-order valence-electron chi connectivity index (χ4n) is 3.58. The van der Waals surface area contributed by atoms with Crippen LogP contribution in [0.1, 0.15) is 40.7 Å². The molecule has 26 heavy (non-hydrogen) atoms. The fourth-order valence-corrected chi connectivity index (χ4v) is 3.58. The second-order valence-electron chi connectivity index (χ2n) is 7.00. The van der Waals surface area contributed by atoms with Gasteiger partial charge in [0.2, 0.25) is 0 Å². The molecular weight excluding hydrogens is 336 g/mol. The average Bonchev–Trinajstić information content (AvgIpc) is 2.64. The van der Waals surface area contributed by atoms with Gasteiger partial charge in [0.05, 0.1) is 0 Å². The van der Waals surface area contributed by atoms with Crippen LogP contribution < -0.4 is 0 Å². The van der Waals surface area contributed by atoms with Gasteiger partial charge in [-0.15, -0.1) is 0 Å². The lowest BCUT2D eigenvalue weighted by atomic mass is 9.91. The van der Waals surface area contributed by atoms with Crippen molar-refractivity contribution in [2.75, 3.05) is 13.1 Å². The summed E-state index contributed by atoms with van der Waals surface area (Å²) in [6, 6.07) is 9.01. The molecule has 1 atom stereocenters. The normalized spacial score (nSPS) is 17.3. The van der Waals surface area contributed by atoms with Crippen LogP contribution in [0, 0.1) is 24.5 Å². The minimum Gasteiger partial charge on any atom is -0.508 e. The summed E-state index contributed by atoms with van der Waals surface area (Å²) in [6.07, 6.45) is 3.43. The van der Waals surface area contributed by atoms with E-state index in [1.54, 1.807) is 31.2 Å². The number of hydrogen-bond donors (Lipinski definition) is 1. The number of amides is 1. The summed E-state index contributed by atoms with van der Waals surface area (Å²) < 4.78 is 26.3. The van der Waals surface area contributed by atoms with E-state index in [2.05, 4.69) is 0 Å². The van der Waals surface area contributed by atoms with Crippen LogP contribution in [0.5, 0.6) is 5.75 Å². The Hall–Kier alpha value is -2.43. The first-order valence-electron chi connectivity index (χ1n) is 8.97. The number of aryl methyl sites for hydroxylation is 1. The maximum absolute atomic E-state index is 13.3. The molecule has 2 aromatic carbocycles. The molecule has 1 heterocycles. The van der Waals surface area contributed by atoms with Crippen molar-refractivity contribution in [2.45, 2.75) is 32.6 Å². The number of piperidine rings is 1. The number of carbonyl (C=O) groups excluding carboxylic acids is 1. The molecule has 0 aliphatic carbocycles. The highest BCUT2D eigenvalue weighted by Crippen LogP contribution is 2.26. The number of aromatic hydroxyl groups is 1. The molecule has 3 rings (SSSR count). The van der Waals surface area contributed by atoms with Gasteiger partial charge in [0.1, 0.15) is 5.75 Å². The number of carbonyl (C=O) groups is 1. The monoisotopic (exact) mass is 359 g/mol. The van der Waals surface area contributed by atoms with Crippen molar-refractivity contribution in [1.82, 2.24) is 4.90 Å². The van der Waals surface area contributed by atoms with Gasteiger partial charge in [-0.25, -0.2) is 8.78 Å². The third kappa shape index (κ3) is 4.03. The molecule has 1 amide bonds. The molecule has 0 unspecified atom stereocenters. The van der Waals surface area contributed by atoms with E-state index in [0.29, 0.717) is 36.6 Å². The molecule has 1 saturated heterocycles. The summed E-state index contributed by atoms with van der Waals surface area (Å²) in [5.41, 5.74) is 1.91. The Bertz CT molecular complexity index is 807. The summed E-state index contributed by atoms with van der Waals surface area (Å²) in [4.78, 5) is 14.6. The highest BCUT2D eigenvalue weighted by Gasteiger charge is 2.25. The van der Waals surface area contributed by atoms with Crippen LogP contribution in [0.2, 0.25) is 0 Å². The number of likely N-dealkylation sites (tertiary alicyclic amines) is 1. The minimum atomic E-state index is -0.829. The highest BCUT2D eigenvalue weighted by molar-refractivity contribution is 5.96. The van der Waals surface area contributed by atoms with Gasteiger partial charge in [-0.1, -0.05) is 12.1 Å². The largest absolute Gasteiger partial charge is 0.508 e. The van der Waals surface area contributed by atoms with Gasteiger partial charge in [-0.3, -0.25) is 4.79 Å². The van der Waals surface area contributed by atoms with E-state index in [-0.39, 0.29) is 11.7 Å². The Morgan fingerprint density at radius 1 is 1.23 bits per heavy atom. The van der Waals surface area contributed by atoms with Gasteiger partial charge < -0.3 is 10.0 Å². The zero-order valence-electron chi connectivity index (χ0n) is 14.8. The van der Waals surface area contributed by atoms with Gasteiger partial charge >= 0.3 is 0 Å². The number of phenolic OH excluding ortho intramolecular Hbond substituents is 1. The number of phenols is 1. The summed E-state index contributed by atoms with van der Waals surface area (Å²) in [6.45, 7) is 3.10. The first kappa shape index (κ1) is 18.4. The van der Waals surface area contributed by atoms with Crippen LogP contribution in [-0.4, -0.2) is 29.0 Å². The van der Waals surface area contributed by atoms with Crippen LogP contribution in [0.25, 0.3) is 0 Å². The minimum absolute atomic E-state index is 0.0593. The lowest BCUT2D eigenvalue weighted by molar-refractivity contribution is 0.0667. The number of nitrogens with zero attached hydrogens (tertiary/aromatic N) is 1. The molecule has 0 bridgehead atoms. The van der Waals surface area contributed by atoms with E-state index in [1.165, 1.54) is 6.07 Å². The predicted octanol–water partition coefficient (Wildman–Crippen LogP) is 4.46. The van der Waals surface area contributed by atoms with Crippen LogP contribution in [0.4, 0.5) is 8.78 Å². The van der Waals surface area contributed by atoms with Crippen molar-refractivity contribution in [2.24, 2.45) is 5.92 Å². The van der Waals surface area contributed by atoms with Crippen molar-refractivity contribution in [1.29, 1.82) is 0 Å². The van der Waals surface area contributed by atoms with Crippen molar-refractivity contribution in [3.05, 3.63) is 64.7 Å². The number of halogens is 2. The molecule has 1 fully saturated rings. The molecule has 0 saturated carbocycles. The van der Waals surface area contributed by atoms with Gasteiger partial charge in [-0.2, -0.15) is 0 Å². The third-order valence-electron chi connectivity index (χ3n) is 5.17. The third-order valence-corrected chi connectivity index (χ3v) is 5.17. The molecule has 0 spiro atoms. The van der Waals surface area contributed by atoms with Crippen LogP contribution in [0.3, 0.4) is 0 Å².